The van der Waals surface area contributed by atoms with Gasteiger partial charge in [-0.25, -0.2) is 4.79 Å². The van der Waals surface area contributed by atoms with Gasteiger partial charge in [0.15, 0.2) is 11.5 Å². The number of nitrogens with one attached hydrogen (secondary N) is 2. The van der Waals surface area contributed by atoms with Gasteiger partial charge in [-0.2, -0.15) is 0 Å². The Hall–Kier alpha value is -4.04. The number of carbonyl (C=O) groups is 2. The van der Waals surface area contributed by atoms with Crippen molar-refractivity contribution in [1.29, 1.82) is 0 Å². The van der Waals surface area contributed by atoms with Crippen molar-refractivity contribution in [2.75, 3.05) is 32.4 Å². The number of rotatable bonds is 9. The Balaban J connectivity index is 0.00000336. The van der Waals surface area contributed by atoms with Gasteiger partial charge in [-0.1, -0.05) is 36.4 Å². The molecule has 0 unspecified atom stereocenters. The highest BCUT2D eigenvalue weighted by Gasteiger charge is 2.51. The summed E-state index contributed by atoms with van der Waals surface area (Å²) in [6.07, 6.45) is 1.12. The maximum absolute atomic E-state index is 13.3. The van der Waals surface area contributed by atoms with E-state index < -0.39 is 11.5 Å². The highest BCUT2D eigenvalue weighted by atomic mass is 16.7. The lowest BCUT2D eigenvalue weighted by Gasteiger charge is -2.17. The van der Waals surface area contributed by atoms with Crippen LogP contribution in [0.1, 0.15) is 31.0 Å². The van der Waals surface area contributed by atoms with Gasteiger partial charge in [0, 0.05) is 20.8 Å². The van der Waals surface area contributed by atoms with Crippen molar-refractivity contribution < 1.29 is 30.0 Å². The molecule has 0 saturated heterocycles. The number of alkyl carbamates (subject to hydrolysis) is 1. The van der Waals surface area contributed by atoms with E-state index in [1.807, 2.05) is 67.6 Å². The first-order chi connectivity index (χ1) is 18.0. The van der Waals surface area contributed by atoms with Gasteiger partial charge in [-0.05, 0) is 71.8 Å². The Labute approximate surface area is 217 Å². The van der Waals surface area contributed by atoms with E-state index in [0.29, 0.717) is 24.7 Å². The minimum absolute atomic E-state index is 0. The van der Waals surface area contributed by atoms with Crippen molar-refractivity contribution in [1.82, 2.24) is 5.32 Å². The van der Waals surface area contributed by atoms with Crippen LogP contribution in [-0.2, 0) is 26.2 Å². The SMILES string of the molecule is COCCOC(=O)NCc1ccc(-c2cc(NC(=O)C3(c4ccc5c(c4)OCO5)CC3)ccc2C)cc1.[HH]. The first kappa shape index (κ1) is 24.6. The van der Waals surface area contributed by atoms with Gasteiger partial charge in [0.1, 0.15) is 6.61 Å². The summed E-state index contributed by atoms with van der Waals surface area (Å²) < 4.78 is 20.8. The second-order valence-corrected chi connectivity index (χ2v) is 9.31. The summed E-state index contributed by atoms with van der Waals surface area (Å²) in [6, 6.07) is 19.6. The lowest BCUT2D eigenvalue weighted by molar-refractivity contribution is -0.118. The molecular formula is C29H32N2O6. The van der Waals surface area contributed by atoms with Crippen LogP contribution in [0.15, 0.2) is 60.7 Å². The lowest BCUT2D eigenvalue weighted by Crippen LogP contribution is -2.27. The van der Waals surface area contributed by atoms with Crippen molar-refractivity contribution in [3.63, 3.8) is 0 Å². The molecule has 37 heavy (non-hydrogen) atoms. The molecule has 0 bridgehead atoms. The fourth-order valence-electron chi connectivity index (χ4n) is 4.47. The van der Waals surface area contributed by atoms with E-state index in [9.17, 15) is 9.59 Å². The van der Waals surface area contributed by atoms with E-state index >= 15 is 0 Å². The number of carbonyl (C=O) groups excluding carboxylic acids is 2. The summed E-state index contributed by atoms with van der Waals surface area (Å²) in [4.78, 5) is 25.1. The molecule has 2 amide bonds. The number of hydrogen-bond donors (Lipinski definition) is 2. The van der Waals surface area contributed by atoms with Gasteiger partial charge in [-0.15, -0.1) is 0 Å². The molecule has 1 aliphatic heterocycles. The van der Waals surface area contributed by atoms with E-state index in [2.05, 4.69) is 10.6 Å². The zero-order valence-electron chi connectivity index (χ0n) is 21.0. The molecular weight excluding hydrogens is 472 g/mol. The van der Waals surface area contributed by atoms with Crippen LogP contribution in [0, 0.1) is 6.92 Å². The van der Waals surface area contributed by atoms with Crippen LogP contribution in [0.25, 0.3) is 11.1 Å². The van der Waals surface area contributed by atoms with Gasteiger partial charge < -0.3 is 29.6 Å². The Bertz CT molecular complexity index is 1310. The molecule has 194 valence electrons. The topological polar surface area (TPSA) is 95.1 Å². The van der Waals surface area contributed by atoms with E-state index in [1.54, 1.807) is 7.11 Å². The summed E-state index contributed by atoms with van der Waals surface area (Å²) in [5, 5.41) is 5.86. The van der Waals surface area contributed by atoms with E-state index in [4.69, 9.17) is 18.9 Å². The number of benzene rings is 3. The minimum Gasteiger partial charge on any atom is -0.454 e. The molecule has 8 nitrogen and oxygen atoms in total. The largest absolute Gasteiger partial charge is 0.454 e. The maximum atomic E-state index is 13.3. The molecule has 0 radical (unpaired) electrons. The first-order valence-corrected chi connectivity index (χ1v) is 12.3. The summed E-state index contributed by atoms with van der Waals surface area (Å²) in [6.45, 7) is 3.19. The molecule has 1 saturated carbocycles. The molecule has 0 atom stereocenters. The van der Waals surface area contributed by atoms with Crippen molar-refractivity contribution in [3.05, 3.63) is 77.4 Å². The normalized spacial score (nSPS) is 14.6. The van der Waals surface area contributed by atoms with Gasteiger partial charge in [-0.3, -0.25) is 4.79 Å². The van der Waals surface area contributed by atoms with E-state index in [0.717, 1.165) is 46.3 Å². The van der Waals surface area contributed by atoms with E-state index in [1.165, 1.54) is 0 Å². The molecule has 1 fully saturated rings. The zero-order valence-corrected chi connectivity index (χ0v) is 21.0. The minimum atomic E-state index is -0.536. The molecule has 0 aromatic heterocycles. The number of ether oxygens (including phenoxy) is 4. The number of methoxy groups -OCH3 is 1. The van der Waals surface area contributed by atoms with Gasteiger partial charge in [0.25, 0.3) is 0 Å². The lowest BCUT2D eigenvalue weighted by atomic mass is 9.94. The number of anilines is 1. The van der Waals surface area contributed by atoms with Crippen LogP contribution in [-0.4, -0.2) is 39.1 Å². The summed E-state index contributed by atoms with van der Waals surface area (Å²) in [5.41, 5.74) is 5.28. The summed E-state index contributed by atoms with van der Waals surface area (Å²) >= 11 is 0. The number of amides is 2. The Morgan fingerprint density at radius 1 is 0.973 bits per heavy atom. The van der Waals surface area contributed by atoms with Crippen LogP contribution in [0.4, 0.5) is 10.5 Å². The number of hydrogen-bond acceptors (Lipinski definition) is 6. The molecule has 3 aromatic rings. The van der Waals surface area contributed by atoms with Crippen molar-refractivity contribution in [2.45, 2.75) is 31.7 Å². The second kappa shape index (κ2) is 10.5. The summed E-state index contributed by atoms with van der Waals surface area (Å²) in [5.74, 6) is 1.39. The Morgan fingerprint density at radius 3 is 2.51 bits per heavy atom. The summed E-state index contributed by atoms with van der Waals surface area (Å²) in [7, 11) is 1.55. The average Bonchev–Trinajstić information content (AvgIpc) is 3.60. The molecule has 5 rings (SSSR count). The highest BCUT2D eigenvalue weighted by Crippen LogP contribution is 2.51. The van der Waals surface area contributed by atoms with Crippen LogP contribution >= 0.6 is 0 Å². The van der Waals surface area contributed by atoms with Gasteiger partial charge in [0.05, 0.1) is 12.0 Å². The van der Waals surface area contributed by atoms with Crippen molar-refractivity contribution >= 4 is 17.7 Å². The third-order valence-corrected chi connectivity index (χ3v) is 6.83. The third-order valence-electron chi connectivity index (χ3n) is 6.83. The predicted molar refractivity (Wildman–Crippen MR) is 141 cm³/mol. The van der Waals surface area contributed by atoms with Crippen molar-refractivity contribution in [2.24, 2.45) is 0 Å². The Kier molecular flexibility index (Phi) is 7.01. The molecule has 3 aromatic carbocycles. The number of aryl methyl sites for hydroxylation is 1. The molecule has 1 heterocycles. The third kappa shape index (κ3) is 5.39. The molecule has 8 heteroatoms. The fourth-order valence-corrected chi connectivity index (χ4v) is 4.47. The first-order valence-electron chi connectivity index (χ1n) is 12.3. The van der Waals surface area contributed by atoms with E-state index in [-0.39, 0.29) is 20.7 Å². The zero-order chi connectivity index (χ0) is 25.8. The molecule has 2 aliphatic rings. The maximum Gasteiger partial charge on any atom is 0.407 e. The second-order valence-electron chi connectivity index (χ2n) is 9.31. The van der Waals surface area contributed by atoms with Crippen LogP contribution in [0.5, 0.6) is 11.5 Å². The number of fused-ring (bicyclic) bond motifs is 1. The molecule has 1 aliphatic carbocycles. The monoisotopic (exact) mass is 504 g/mol. The van der Waals surface area contributed by atoms with Crippen LogP contribution < -0.4 is 20.1 Å². The van der Waals surface area contributed by atoms with Crippen LogP contribution in [0.2, 0.25) is 0 Å². The van der Waals surface area contributed by atoms with Gasteiger partial charge >= 0.3 is 6.09 Å². The fraction of sp³-hybridized carbons (Fsp3) is 0.310. The molecule has 0 spiro atoms. The average molecular weight is 505 g/mol. The quantitative estimate of drug-likeness (QED) is 0.390. The standard InChI is InChI=1S/C29H30N2O6.H2/c1-19-3-9-23(31-27(32)29(11-12-29)22-8-10-25-26(15-22)37-18-36-25)16-24(19)21-6-4-20(5-7-21)17-30-28(33)35-14-13-34-2;/h3-10,15-16H,11-14,17-18H2,1-2H3,(H,30,33)(H,31,32);1H. The van der Waals surface area contributed by atoms with Crippen molar-refractivity contribution in [3.8, 4) is 22.6 Å². The highest BCUT2D eigenvalue weighted by molar-refractivity contribution is 6.02. The Morgan fingerprint density at radius 2 is 1.76 bits per heavy atom. The van der Waals surface area contributed by atoms with Crippen LogP contribution in [0.3, 0.4) is 0 Å². The predicted octanol–water partition coefficient (Wildman–Crippen LogP) is 5.18. The van der Waals surface area contributed by atoms with Gasteiger partial charge in [0.2, 0.25) is 12.7 Å². The smallest absolute Gasteiger partial charge is 0.407 e. The molecule has 2 N–H and O–H groups in total.